The maximum atomic E-state index is 13.0. The van der Waals surface area contributed by atoms with Crippen LogP contribution in [0.15, 0.2) is 40.9 Å². The summed E-state index contributed by atoms with van der Waals surface area (Å²) in [5.74, 6) is 0.351. The number of carbonyl (C=O) groups excluding carboxylic acids is 1. The van der Waals surface area contributed by atoms with Crippen molar-refractivity contribution in [3.63, 3.8) is 0 Å². The van der Waals surface area contributed by atoms with Gasteiger partial charge in [0, 0.05) is 11.1 Å². The molecule has 0 bridgehead atoms. The van der Waals surface area contributed by atoms with E-state index in [-0.39, 0.29) is 66.9 Å². The van der Waals surface area contributed by atoms with Crippen molar-refractivity contribution in [2.24, 2.45) is 0 Å². The van der Waals surface area contributed by atoms with Crippen LogP contribution in [0.3, 0.4) is 0 Å². The number of benzene rings is 2. The Labute approximate surface area is 253 Å². The van der Waals surface area contributed by atoms with Crippen LogP contribution in [0.1, 0.15) is 52.6 Å². The first kappa shape index (κ1) is 30.7. The number of para-hydroxylation sites is 1. The van der Waals surface area contributed by atoms with Crippen LogP contribution in [-0.2, 0) is 9.53 Å². The monoisotopic (exact) mass is 567 g/mol. The molecule has 204 valence electrons. The molecular weight excluding hydrogens is 537 g/mol. The van der Waals surface area contributed by atoms with Gasteiger partial charge in [0.15, 0.2) is 0 Å². The number of nitrogens with zero attached hydrogens (tertiary/aromatic N) is 3. The van der Waals surface area contributed by atoms with Crippen LogP contribution < -0.4 is 9.47 Å². The minimum absolute atomic E-state index is 0. The molecule has 0 fully saturated rings. The van der Waals surface area contributed by atoms with Gasteiger partial charge in [-0.15, -0.1) is 0 Å². The first-order chi connectivity index (χ1) is 17.9. The van der Waals surface area contributed by atoms with Crippen LogP contribution in [-0.4, -0.2) is 86.6 Å². The topological polar surface area (TPSA) is 124 Å². The zero-order valence-corrected chi connectivity index (χ0v) is 22.6. The first-order valence-electron chi connectivity index (χ1n) is 12.2. The molecule has 1 atom stereocenters. The first-order valence-corrected chi connectivity index (χ1v) is 12.6. The number of aliphatic carboxylic acids is 1. The molecule has 1 aliphatic heterocycles. The zero-order chi connectivity index (χ0) is 27.6. The van der Waals surface area contributed by atoms with Crippen molar-refractivity contribution in [3.8, 4) is 34.3 Å². The summed E-state index contributed by atoms with van der Waals surface area (Å²) in [6.07, 6.45) is -0.980. The number of hydrogen-bond donors (Lipinski definition) is 1. The Morgan fingerprint density at radius 1 is 1.23 bits per heavy atom. The van der Waals surface area contributed by atoms with Gasteiger partial charge in [-0.1, -0.05) is 28.9 Å². The number of amides is 1. The van der Waals surface area contributed by atoms with E-state index >= 15 is 0 Å². The van der Waals surface area contributed by atoms with E-state index in [1.807, 2.05) is 13.8 Å². The summed E-state index contributed by atoms with van der Waals surface area (Å²) in [6.45, 7) is 9.34. The second kappa shape index (κ2) is 12.6. The number of fused-ring (bicyclic) bond motifs is 1. The average Bonchev–Trinajstić information content (AvgIpc) is 3.23. The molecule has 2 aromatic carbocycles. The van der Waals surface area contributed by atoms with Gasteiger partial charge in [0.25, 0.3) is 5.89 Å². The Hall–Kier alpha value is -2.79. The van der Waals surface area contributed by atoms with E-state index in [2.05, 4.69) is 10.1 Å². The van der Waals surface area contributed by atoms with Gasteiger partial charge in [0.05, 0.1) is 35.7 Å². The molecule has 4 rings (SSSR count). The standard InChI is InChI=1S/C27H30ClN3O7.Na.H/c1-15(2)36-21-10-9-16(13-19(21)28)25-29-24(30-38-25)18-8-6-7-17-20(14-22(32)33)31(11-12-35-23(17)18)26(34)37-27(3,4)5;;/h6-10,13,15,20H,11-12,14H2,1-5H3,(H,32,33);;. The third-order valence-electron chi connectivity index (χ3n) is 5.56. The quantitative estimate of drug-likeness (QED) is 0.393. The van der Waals surface area contributed by atoms with Crippen LogP contribution in [0, 0.1) is 0 Å². The third-order valence-corrected chi connectivity index (χ3v) is 5.86. The van der Waals surface area contributed by atoms with Crippen LogP contribution in [0.5, 0.6) is 11.5 Å². The number of aromatic nitrogens is 2. The van der Waals surface area contributed by atoms with Crippen LogP contribution in [0.4, 0.5) is 4.79 Å². The zero-order valence-electron chi connectivity index (χ0n) is 21.9. The molecule has 39 heavy (non-hydrogen) atoms. The van der Waals surface area contributed by atoms with Crippen LogP contribution in [0.25, 0.3) is 22.8 Å². The molecule has 1 amide bonds. The average molecular weight is 568 g/mol. The Balaban J connectivity index is 0.00000420. The number of carbonyl (C=O) groups is 2. The molecule has 1 aliphatic rings. The van der Waals surface area contributed by atoms with Crippen molar-refractivity contribution in [2.75, 3.05) is 13.2 Å². The van der Waals surface area contributed by atoms with Crippen molar-refractivity contribution in [1.29, 1.82) is 0 Å². The fourth-order valence-electron chi connectivity index (χ4n) is 4.08. The van der Waals surface area contributed by atoms with Crippen molar-refractivity contribution in [3.05, 3.63) is 47.0 Å². The van der Waals surface area contributed by atoms with Gasteiger partial charge in [-0.2, -0.15) is 4.98 Å². The summed E-state index contributed by atoms with van der Waals surface area (Å²) in [7, 11) is 0. The molecule has 0 saturated heterocycles. The second-order valence-corrected chi connectivity index (χ2v) is 10.5. The van der Waals surface area contributed by atoms with E-state index in [1.165, 1.54) is 4.90 Å². The Bertz CT molecular complexity index is 1340. The van der Waals surface area contributed by atoms with E-state index in [0.29, 0.717) is 33.2 Å². The van der Waals surface area contributed by atoms with Crippen molar-refractivity contribution in [1.82, 2.24) is 15.0 Å². The van der Waals surface area contributed by atoms with Gasteiger partial charge in [0.1, 0.15) is 23.7 Å². The molecule has 0 saturated carbocycles. The summed E-state index contributed by atoms with van der Waals surface area (Å²) in [5, 5.41) is 14.2. The molecule has 12 heteroatoms. The predicted octanol–water partition coefficient (Wildman–Crippen LogP) is 5.34. The van der Waals surface area contributed by atoms with Gasteiger partial charge in [0.2, 0.25) is 5.82 Å². The molecular formula is C27H31ClN3NaO7. The van der Waals surface area contributed by atoms with Crippen LogP contribution >= 0.6 is 11.6 Å². The molecule has 0 aliphatic carbocycles. The molecule has 10 nitrogen and oxygen atoms in total. The minimum atomic E-state index is -1.06. The van der Waals surface area contributed by atoms with Gasteiger partial charge >= 0.3 is 41.6 Å². The van der Waals surface area contributed by atoms with Gasteiger partial charge < -0.3 is 23.8 Å². The Morgan fingerprint density at radius 2 is 1.97 bits per heavy atom. The molecule has 2 heterocycles. The van der Waals surface area contributed by atoms with Crippen molar-refractivity contribution < 1.29 is 33.4 Å². The normalized spacial score (nSPS) is 15.1. The summed E-state index contributed by atoms with van der Waals surface area (Å²) < 4.78 is 22.8. The second-order valence-electron chi connectivity index (χ2n) is 10.1. The van der Waals surface area contributed by atoms with E-state index in [0.717, 1.165) is 0 Å². The molecule has 0 spiro atoms. The number of rotatable bonds is 6. The SMILES string of the molecule is CC(C)Oc1ccc(-c2nc(-c3cccc4c3OCCN(C(=O)OC(C)(C)C)C4CC(=O)O)no2)cc1Cl.[NaH]. The van der Waals surface area contributed by atoms with Crippen molar-refractivity contribution in [2.45, 2.75) is 58.8 Å². The Morgan fingerprint density at radius 3 is 2.62 bits per heavy atom. The summed E-state index contributed by atoms with van der Waals surface area (Å²) in [6, 6.07) is 9.57. The van der Waals surface area contributed by atoms with E-state index in [1.54, 1.807) is 57.2 Å². The number of carboxylic acid groups (broad SMARTS) is 1. The molecule has 1 aromatic heterocycles. The van der Waals surface area contributed by atoms with Crippen molar-refractivity contribution >= 4 is 53.2 Å². The Kier molecular flexibility index (Phi) is 9.93. The predicted molar refractivity (Wildman–Crippen MR) is 147 cm³/mol. The summed E-state index contributed by atoms with van der Waals surface area (Å²) in [4.78, 5) is 30.7. The van der Waals surface area contributed by atoms with E-state index in [4.69, 9.17) is 30.3 Å². The number of ether oxygens (including phenoxy) is 3. The molecule has 1 N–H and O–H groups in total. The fraction of sp³-hybridized carbons (Fsp3) is 0.407. The fourth-order valence-corrected chi connectivity index (χ4v) is 4.31. The molecule has 0 radical (unpaired) electrons. The van der Waals surface area contributed by atoms with Crippen LogP contribution in [0.2, 0.25) is 5.02 Å². The molecule has 3 aromatic rings. The summed E-state index contributed by atoms with van der Waals surface area (Å²) in [5.41, 5.74) is 0.876. The van der Waals surface area contributed by atoms with Gasteiger partial charge in [-0.3, -0.25) is 9.69 Å². The van der Waals surface area contributed by atoms with E-state index in [9.17, 15) is 14.7 Å². The van der Waals surface area contributed by atoms with Gasteiger partial charge in [-0.25, -0.2) is 4.79 Å². The maximum absolute atomic E-state index is 13.0. The summed E-state index contributed by atoms with van der Waals surface area (Å²) >= 11 is 6.37. The number of hydrogen-bond acceptors (Lipinski definition) is 8. The third kappa shape index (κ3) is 7.45. The number of carboxylic acids is 1. The van der Waals surface area contributed by atoms with Gasteiger partial charge in [-0.05, 0) is 58.9 Å². The van der Waals surface area contributed by atoms with E-state index < -0.39 is 23.7 Å². The number of halogens is 1. The molecule has 1 unspecified atom stereocenters.